The van der Waals surface area contributed by atoms with E-state index in [0.717, 1.165) is 20.6 Å². The lowest BCUT2D eigenvalue weighted by Crippen LogP contribution is -2.25. The van der Waals surface area contributed by atoms with Gasteiger partial charge in [0.2, 0.25) is 11.0 Å². The van der Waals surface area contributed by atoms with Gasteiger partial charge in [0.1, 0.15) is 5.01 Å². The highest BCUT2D eigenvalue weighted by atomic mass is 79.9. The number of rotatable bonds is 9. The van der Waals surface area contributed by atoms with E-state index in [-0.39, 0.29) is 17.7 Å². The maximum Gasteiger partial charge on any atom is 0.251 e. The largest absolute Gasteiger partial charge is 0.352 e. The average Bonchev–Trinajstić information content (AvgIpc) is 3.30. The molecular formula is C26H23BrN4O2S. The number of amides is 2. The Morgan fingerprint density at radius 2 is 1.56 bits per heavy atom. The summed E-state index contributed by atoms with van der Waals surface area (Å²) in [6.07, 6.45) is 0.829. The Morgan fingerprint density at radius 3 is 2.21 bits per heavy atom. The number of carbonyl (C=O) groups is 2. The van der Waals surface area contributed by atoms with Gasteiger partial charge in [-0.3, -0.25) is 9.59 Å². The van der Waals surface area contributed by atoms with Crippen LogP contribution in [0.1, 0.15) is 38.8 Å². The summed E-state index contributed by atoms with van der Waals surface area (Å²) < 4.78 is 0.853. The topological polar surface area (TPSA) is 84.0 Å². The summed E-state index contributed by atoms with van der Waals surface area (Å²) in [5, 5.41) is 15.2. The van der Waals surface area contributed by atoms with Crippen LogP contribution in [0.5, 0.6) is 0 Å². The summed E-state index contributed by atoms with van der Waals surface area (Å²) in [6, 6.07) is 27.2. The average molecular weight is 535 g/mol. The van der Waals surface area contributed by atoms with E-state index in [9.17, 15) is 9.59 Å². The summed E-state index contributed by atoms with van der Waals surface area (Å²) >= 11 is 4.68. The van der Waals surface area contributed by atoms with Crippen LogP contribution in [-0.4, -0.2) is 28.6 Å². The number of benzene rings is 3. The fourth-order valence-corrected chi connectivity index (χ4v) is 4.73. The van der Waals surface area contributed by atoms with E-state index in [0.29, 0.717) is 30.1 Å². The van der Waals surface area contributed by atoms with Crippen molar-refractivity contribution in [1.82, 2.24) is 15.5 Å². The molecule has 0 unspecified atom stereocenters. The third-order valence-corrected chi connectivity index (χ3v) is 6.61. The van der Waals surface area contributed by atoms with Gasteiger partial charge in [-0.1, -0.05) is 94.0 Å². The van der Waals surface area contributed by atoms with Crippen molar-refractivity contribution in [2.24, 2.45) is 0 Å². The third-order valence-electron chi connectivity index (χ3n) is 5.22. The molecule has 1 aromatic heterocycles. The number of carbonyl (C=O) groups excluding carboxylic acids is 2. The Bertz CT molecular complexity index is 1210. The zero-order valence-electron chi connectivity index (χ0n) is 18.3. The van der Waals surface area contributed by atoms with Gasteiger partial charge in [0.25, 0.3) is 5.91 Å². The fourth-order valence-electron chi connectivity index (χ4n) is 3.57. The van der Waals surface area contributed by atoms with E-state index in [1.807, 2.05) is 72.8 Å². The zero-order chi connectivity index (χ0) is 23.8. The first-order valence-electron chi connectivity index (χ1n) is 10.8. The van der Waals surface area contributed by atoms with E-state index in [2.05, 4.69) is 36.8 Å². The summed E-state index contributed by atoms with van der Waals surface area (Å²) in [6.45, 7) is 0.429. The molecule has 2 amide bonds. The first-order valence-corrected chi connectivity index (χ1v) is 12.5. The molecule has 4 aromatic rings. The van der Waals surface area contributed by atoms with Crippen LogP contribution in [0.25, 0.3) is 0 Å². The Hall–Kier alpha value is -3.36. The summed E-state index contributed by atoms with van der Waals surface area (Å²) in [4.78, 5) is 25.1. The first-order chi connectivity index (χ1) is 16.6. The highest BCUT2D eigenvalue weighted by Crippen LogP contribution is 2.28. The van der Waals surface area contributed by atoms with Crippen molar-refractivity contribution in [2.75, 3.05) is 11.9 Å². The van der Waals surface area contributed by atoms with E-state index >= 15 is 0 Å². The Kier molecular flexibility index (Phi) is 8.17. The third kappa shape index (κ3) is 6.59. The molecule has 2 N–H and O–H groups in total. The van der Waals surface area contributed by atoms with Crippen LogP contribution in [0.2, 0.25) is 0 Å². The molecule has 0 atom stereocenters. The lowest BCUT2D eigenvalue weighted by molar-refractivity contribution is -0.116. The molecule has 0 bridgehead atoms. The number of anilines is 1. The number of aromatic nitrogens is 2. The van der Waals surface area contributed by atoms with E-state index in [4.69, 9.17) is 0 Å². The fraction of sp³-hybridized carbons (Fsp3) is 0.154. The normalized spacial score (nSPS) is 10.8. The van der Waals surface area contributed by atoms with Crippen molar-refractivity contribution in [1.29, 1.82) is 0 Å². The molecule has 34 heavy (non-hydrogen) atoms. The van der Waals surface area contributed by atoms with E-state index in [1.165, 1.54) is 11.3 Å². The maximum absolute atomic E-state index is 12.8. The number of nitrogens with one attached hydrogen (secondary N) is 2. The van der Waals surface area contributed by atoms with Crippen LogP contribution in [0.3, 0.4) is 0 Å². The lowest BCUT2D eigenvalue weighted by atomic mass is 9.88. The van der Waals surface area contributed by atoms with Crippen molar-refractivity contribution in [2.45, 2.75) is 18.8 Å². The Balaban J connectivity index is 1.32. The summed E-state index contributed by atoms with van der Waals surface area (Å²) in [7, 11) is 0. The molecule has 0 aliphatic carbocycles. The van der Waals surface area contributed by atoms with Crippen LogP contribution in [0.4, 0.5) is 5.13 Å². The smallest absolute Gasteiger partial charge is 0.251 e. The summed E-state index contributed by atoms with van der Waals surface area (Å²) in [5.41, 5.74) is 2.76. The van der Waals surface area contributed by atoms with Gasteiger partial charge in [-0.05, 0) is 29.3 Å². The maximum atomic E-state index is 12.8. The second-order valence-electron chi connectivity index (χ2n) is 7.64. The zero-order valence-corrected chi connectivity index (χ0v) is 20.7. The van der Waals surface area contributed by atoms with Gasteiger partial charge < -0.3 is 10.6 Å². The molecule has 172 valence electrons. The van der Waals surface area contributed by atoms with E-state index < -0.39 is 0 Å². The van der Waals surface area contributed by atoms with Crippen LogP contribution in [0, 0.1) is 0 Å². The molecule has 0 saturated carbocycles. The second kappa shape index (κ2) is 11.7. The van der Waals surface area contributed by atoms with Gasteiger partial charge in [-0.25, -0.2) is 0 Å². The minimum absolute atomic E-state index is 0.0528. The predicted octanol–water partition coefficient (Wildman–Crippen LogP) is 5.43. The van der Waals surface area contributed by atoms with Crippen LogP contribution >= 0.6 is 27.3 Å². The number of hydrogen-bond acceptors (Lipinski definition) is 5. The molecule has 0 spiro atoms. The molecular weight excluding hydrogens is 512 g/mol. The van der Waals surface area contributed by atoms with Gasteiger partial charge in [0.15, 0.2) is 0 Å². The SMILES string of the molecule is O=C(CC(c1ccccc1)c1ccccc1)Nc1nnc(CCNC(=O)c2cccc(Br)c2)s1. The Morgan fingerprint density at radius 1 is 0.882 bits per heavy atom. The highest BCUT2D eigenvalue weighted by molar-refractivity contribution is 9.10. The molecule has 0 fully saturated rings. The first kappa shape index (κ1) is 23.8. The van der Waals surface area contributed by atoms with Crippen LogP contribution < -0.4 is 10.6 Å². The van der Waals surface area contributed by atoms with Crippen molar-refractivity contribution >= 4 is 44.2 Å². The van der Waals surface area contributed by atoms with Crippen molar-refractivity contribution in [3.8, 4) is 0 Å². The molecule has 0 saturated heterocycles. The van der Waals surface area contributed by atoms with Gasteiger partial charge in [-0.2, -0.15) is 0 Å². The standard InChI is InChI=1S/C26H23BrN4O2S/c27-21-13-7-12-20(16-21)25(33)28-15-14-24-30-31-26(34-24)29-23(32)17-22(18-8-3-1-4-9-18)19-10-5-2-6-11-19/h1-13,16,22H,14-15,17H2,(H,28,33)(H,29,31,32). The summed E-state index contributed by atoms with van der Waals surface area (Å²) in [5.74, 6) is -0.321. The highest BCUT2D eigenvalue weighted by Gasteiger charge is 2.19. The Labute approximate surface area is 210 Å². The molecule has 8 heteroatoms. The van der Waals surface area contributed by atoms with Gasteiger partial charge in [-0.15, -0.1) is 10.2 Å². The molecule has 6 nitrogen and oxygen atoms in total. The van der Waals surface area contributed by atoms with Crippen LogP contribution in [-0.2, 0) is 11.2 Å². The molecule has 4 rings (SSSR count). The monoisotopic (exact) mass is 534 g/mol. The minimum Gasteiger partial charge on any atom is -0.352 e. The van der Waals surface area contributed by atoms with Gasteiger partial charge >= 0.3 is 0 Å². The molecule has 0 aliphatic heterocycles. The van der Waals surface area contributed by atoms with Gasteiger partial charge in [0, 0.05) is 35.3 Å². The van der Waals surface area contributed by atoms with Crippen molar-refractivity contribution < 1.29 is 9.59 Å². The van der Waals surface area contributed by atoms with E-state index in [1.54, 1.807) is 12.1 Å². The predicted molar refractivity (Wildman–Crippen MR) is 138 cm³/mol. The number of nitrogens with zero attached hydrogens (tertiary/aromatic N) is 2. The molecule has 0 radical (unpaired) electrons. The second-order valence-corrected chi connectivity index (χ2v) is 9.62. The quantitative estimate of drug-likeness (QED) is 0.299. The van der Waals surface area contributed by atoms with Crippen molar-refractivity contribution in [3.05, 3.63) is 111 Å². The van der Waals surface area contributed by atoms with Crippen LogP contribution in [0.15, 0.2) is 89.4 Å². The number of hydrogen-bond donors (Lipinski definition) is 2. The number of halogens is 1. The van der Waals surface area contributed by atoms with Gasteiger partial charge in [0.05, 0.1) is 0 Å². The lowest BCUT2D eigenvalue weighted by Gasteiger charge is -2.17. The molecule has 3 aromatic carbocycles. The minimum atomic E-state index is -0.146. The van der Waals surface area contributed by atoms with Crippen molar-refractivity contribution in [3.63, 3.8) is 0 Å². The molecule has 1 heterocycles. The molecule has 0 aliphatic rings.